The average molecular weight is 466 g/mol. The third-order valence-electron chi connectivity index (χ3n) is 5.58. The lowest BCUT2D eigenvalue weighted by molar-refractivity contribution is -0.133. The quantitative estimate of drug-likeness (QED) is 0.687. The first kappa shape index (κ1) is 19.5. The SMILES string of the molecule is CC(C)n1c(Br)nc2c1C(c1ccc(Cl)cc1)N(C1CCC(=O)N(C)C1)C2=O. The standard InChI is InChI=1S/C20H22BrClN4O2/c1-11(2)25-18-16(23-20(25)21)19(28)26(14-8-9-15(27)24(3)10-14)17(18)12-4-6-13(22)7-5-12/h4-7,11,14,17H,8-10H2,1-3H3. The minimum absolute atomic E-state index is 0.0514. The first-order valence-corrected chi connectivity index (χ1v) is 10.6. The molecule has 0 N–H and O–H groups in total. The molecule has 1 saturated heterocycles. The van der Waals surface area contributed by atoms with Gasteiger partial charge in [0.25, 0.3) is 5.91 Å². The third-order valence-corrected chi connectivity index (χ3v) is 6.39. The lowest BCUT2D eigenvalue weighted by Crippen LogP contribution is -2.50. The zero-order valence-corrected chi connectivity index (χ0v) is 18.4. The number of benzene rings is 1. The van der Waals surface area contributed by atoms with Gasteiger partial charge in [0.05, 0.1) is 11.7 Å². The second kappa shape index (κ2) is 7.19. The Morgan fingerprint density at radius 3 is 2.50 bits per heavy atom. The van der Waals surface area contributed by atoms with Crippen LogP contribution >= 0.6 is 27.5 Å². The molecule has 2 aromatic rings. The molecule has 8 heteroatoms. The maximum atomic E-state index is 13.4. The number of imidazole rings is 1. The van der Waals surface area contributed by atoms with Gasteiger partial charge in [0.2, 0.25) is 5.91 Å². The van der Waals surface area contributed by atoms with Crippen molar-refractivity contribution in [3.05, 3.63) is 51.0 Å². The van der Waals surface area contributed by atoms with Crippen molar-refractivity contribution in [1.29, 1.82) is 0 Å². The smallest absolute Gasteiger partial charge is 0.275 e. The summed E-state index contributed by atoms with van der Waals surface area (Å²) in [6.45, 7) is 4.68. The first-order valence-electron chi connectivity index (χ1n) is 9.39. The van der Waals surface area contributed by atoms with E-state index in [1.54, 1.807) is 11.9 Å². The molecule has 2 aliphatic rings. The maximum Gasteiger partial charge on any atom is 0.275 e. The van der Waals surface area contributed by atoms with Gasteiger partial charge in [-0.3, -0.25) is 9.59 Å². The van der Waals surface area contributed by atoms with Gasteiger partial charge in [0, 0.05) is 31.1 Å². The summed E-state index contributed by atoms with van der Waals surface area (Å²) in [6, 6.07) is 7.45. The highest BCUT2D eigenvalue weighted by Crippen LogP contribution is 2.43. The summed E-state index contributed by atoms with van der Waals surface area (Å²) in [5.74, 6) is 0.0406. The predicted molar refractivity (Wildman–Crippen MR) is 110 cm³/mol. The molecular formula is C20H22BrClN4O2. The topological polar surface area (TPSA) is 58.4 Å². The number of likely N-dealkylation sites (N-methyl/N-ethyl adjacent to an activating group) is 1. The Labute approximate surface area is 177 Å². The molecular weight excluding hydrogens is 444 g/mol. The molecule has 1 aromatic carbocycles. The molecule has 0 aliphatic carbocycles. The Morgan fingerprint density at radius 2 is 1.89 bits per heavy atom. The number of halogens is 2. The maximum absolute atomic E-state index is 13.4. The minimum atomic E-state index is -0.257. The van der Waals surface area contributed by atoms with Crippen LogP contribution in [0, 0.1) is 0 Å². The van der Waals surface area contributed by atoms with E-state index in [0.717, 1.165) is 11.3 Å². The van der Waals surface area contributed by atoms with Crippen LogP contribution in [0.5, 0.6) is 0 Å². The van der Waals surface area contributed by atoms with Crippen molar-refractivity contribution < 1.29 is 9.59 Å². The summed E-state index contributed by atoms with van der Waals surface area (Å²) < 4.78 is 2.74. The summed E-state index contributed by atoms with van der Waals surface area (Å²) in [5, 5.41) is 0.654. The van der Waals surface area contributed by atoms with Gasteiger partial charge in [-0.15, -0.1) is 0 Å². The van der Waals surface area contributed by atoms with Crippen molar-refractivity contribution in [2.75, 3.05) is 13.6 Å². The van der Waals surface area contributed by atoms with E-state index in [-0.39, 0.29) is 29.9 Å². The molecule has 0 bridgehead atoms. The highest BCUT2D eigenvalue weighted by molar-refractivity contribution is 9.10. The lowest BCUT2D eigenvalue weighted by Gasteiger charge is -2.39. The molecule has 2 atom stereocenters. The Hall–Kier alpha value is -1.86. The molecule has 1 aromatic heterocycles. The van der Waals surface area contributed by atoms with Crippen molar-refractivity contribution >= 4 is 39.3 Å². The number of hydrogen-bond donors (Lipinski definition) is 0. The number of nitrogens with zero attached hydrogens (tertiary/aromatic N) is 4. The molecule has 6 nitrogen and oxygen atoms in total. The normalized spacial score (nSPS) is 22.4. The summed E-state index contributed by atoms with van der Waals surface area (Å²) >= 11 is 9.63. The van der Waals surface area contributed by atoms with Crippen LogP contribution in [-0.2, 0) is 4.79 Å². The van der Waals surface area contributed by atoms with Gasteiger partial charge >= 0.3 is 0 Å². The average Bonchev–Trinajstić information content (AvgIpc) is 3.12. The second-order valence-electron chi connectivity index (χ2n) is 7.71. The van der Waals surface area contributed by atoms with Crippen LogP contribution < -0.4 is 0 Å². The molecule has 2 amide bonds. The Kier molecular flexibility index (Phi) is 5.00. The number of aromatic nitrogens is 2. The number of rotatable bonds is 3. The monoisotopic (exact) mass is 464 g/mol. The molecule has 148 valence electrons. The molecule has 4 rings (SSSR count). The van der Waals surface area contributed by atoms with Gasteiger partial charge in [0.15, 0.2) is 10.4 Å². The van der Waals surface area contributed by atoms with Gasteiger partial charge in [-0.2, -0.15) is 0 Å². The minimum Gasteiger partial charge on any atom is -0.344 e. The van der Waals surface area contributed by atoms with E-state index in [1.165, 1.54) is 0 Å². The van der Waals surface area contributed by atoms with Gasteiger partial charge in [0.1, 0.15) is 6.04 Å². The van der Waals surface area contributed by atoms with Crippen molar-refractivity contribution in [3.8, 4) is 0 Å². The van der Waals surface area contributed by atoms with Crippen LogP contribution in [0.15, 0.2) is 29.0 Å². The van der Waals surface area contributed by atoms with E-state index < -0.39 is 0 Å². The van der Waals surface area contributed by atoms with Crippen molar-refractivity contribution in [3.63, 3.8) is 0 Å². The van der Waals surface area contributed by atoms with Crippen LogP contribution in [-0.4, -0.2) is 50.8 Å². The number of fused-ring (bicyclic) bond motifs is 1. The molecule has 2 unspecified atom stereocenters. The Bertz CT molecular complexity index is 940. The van der Waals surface area contributed by atoms with E-state index in [9.17, 15) is 9.59 Å². The number of amides is 2. The highest BCUT2D eigenvalue weighted by Gasteiger charge is 2.47. The number of hydrogen-bond acceptors (Lipinski definition) is 3. The van der Waals surface area contributed by atoms with Gasteiger partial charge < -0.3 is 14.4 Å². The van der Waals surface area contributed by atoms with E-state index in [0.29, 0.717) is 34.8 Å². The fraction of sp³-hybridized carbons (Fsp3) is 0.450. The fourth-order valence-corrected chi connectivity index (χ4v) is 5.16. The molecule has 0 saturated carbocycles. The third kappa shape index (κ3) is 3.05. The Balaban J connectivity index is 1.84. The number of carbonyl (C=O) groups excluding carboxylic acids is 2. The molecule has 2 aliphatic heterocycles. The summed E-state index contributed by atoms with van der Waals surface area (Å²) in [4.78, 5) is 33.6. The van der Waals surface area contributed by atoms with Gasteiger partial charge in [-0.25, -0.2) is 4.98 Å². The van der Waals surface area contributed by atoms with Crippen LogP contribution in [0.3, 0.4) is 0 Å². The first-order chi connectivity index (χ1) is 13.3. The molecule has 0 radical (unpaired) electrons. The zero-order chi connectivity index (χ0) is 20.2. The second-order valence-corrected chi connectivity index (χ2v) is 8.86. The van der Waals surface area contributed by atoms with Crippen molar-refractivity contribution in [1.82, 2.24) is 19.4 Å². The molecule has 0 spiro atoms. The van der Waals surface area contributed by atoms with E-state index in [4.69, 9.17) is 11.6 Å². The fourth-order valence-electron chi connectivity index (χ4n) is 4.26. The van der Waals surface area contributed by atoms with Gasteiger partial charge in [-0.1, -0.05) is 23.7 Å². The Morgan fingerprint density at radius 1 is 1.21 bits per heavy atom. The molecule has 1 fully saturated rings. The summed E-state index contributed by atoms with van der Waals surface area (Å²) in [7, 11) is 1.79. The van der Waals surface area contributed by atoms with Crippen LogP contribution in [0.2, 0.25) is 5.02 Å². The molecule has 28 heavy (non-hydrogen) atoms. The number of likely N-dealkylation sites (tertiary alicyclic amines) is 1. The largest absolute Gasteiger partial charge is 0.344 e. The van der Waals surface area contributed by atoms with E-state index >= 15 is 0 Å². The summed E-state index contributed by atoms with van der Waals surface area (Å²) in [6.07, 6.45) is 1.11. The number of carbonyl (C=O) groups is 2. The zero-order valence-electron chi connectivity index (χ0n) is 16.0. The lowest BCUT2D eigenvalue weighted by atomic mass is 9.98. The van der Waals surface area contributed by atoms with Crippen LogP contribution in [0.1, 0.15) is 60.5 Å². The molecule has 3 heterocycles. The van der Waals surface area contributed by atoms with Crippen LogP contribution in [0.4, 0.5) is 0 Å². The predicted octanol–water partition coefficient (Wildman–Crippen LogP) is 4.05. The van der Waals surface area contributed by atoms with Crippen LogP contribution in [0.25, 0.3) is 0 Å². The summed E-state index contributed by atoms with van der Waals surface area (Å²) in [5.41, 5.74) is 2.37. The van der Waals surface area contributed by atoms with Crippen molar-refractivity contribution in [2.45, 2.75) is 44.8 Å². The van der Waals surface area contributed by atoms with E-state index in [1.807, 2.05) is 29.2 Å². The number of piperidine rings is 1. The van der Waals surface area contributed by atoms with E-state index in [2.05, 4.69) is 39.3 Å². The highest BCUT2D eigenvalue weighted by atomic mass is 79.9. The van der Waals surface area contributed by atoms with Gasteiger partial charge in [-0.05, 0) is 53.9 Å². The van der Waals surface area contributed by atoms with Crippen molar-refractivity contribution in [2.24, 2.45) is 0 Å².